The first-order valence-corrected chi connectivity index (χ1v) is 5.00. The van der Waals surface area contributed by atoms with Crippen molar-refractivity contribution in [3.63, 3.8) is 0 Å². The van der Waals surface area contributed by atoms with Crippen LogP contribution in [0.2, 0.25) is 0 Å². The summed E-state index contributed by atoms with van der Waals surface area (Å²) in [4.78, 5) is 11.5. The highest BCUT2D eigenvalue weighted by Gasteiger charge is 2.31. The molecule has 14 heavy (non-hydrogen) atoms. The number of carbonyl (C=O) groups excluding carboxylic acids is 1. The normalized spacial score (nSPS) is 22.1. The molecule has 0 N–H and O–H groups in total. The highest BCUT2D eigenvalue weighted by atomic mass is 16.3. The molecule has 0 amide bonds. The predicted molar refractivity (Wildman–Crippen MR) is 54.1 cm³/mol. The van der Waals surface area contributed by atoms with Crippen molar-refractivity contribution < 1.29 is 9.21 Å². The Morgan fingerprint density at radius 3 is 2.93 bits per heavy atom. The summed E-state index contributed by atoms with van der Waals surface area (Å²) in [5.74, 6) is 1.39. The molecule has 1 aliphatic carbocycles. The fraction of sp³-hybridized carbons (Fsp3) is 0.417. The molecular weight excluding hydrogens is 176 g/mol. The molecule has 1 aromatic heterocycles. The highest BCUT2D eigenvalue weighted by Crippen LogP contribution is 2.38. The average molecular weight is 190 g/mol. The number of furan rings is 1. The van der Waals surface area contributed by atoms with Crippen molar-refractivity contribution in [1.29, 1.82) is 0 Å². The molecule has 0 unspecified atom stereocenters. The molecule has 1 aromatic rings. The third-order valence-electron chi connectivity index (χ3n) is 2.98. The van der Waals surface area contributed by atoms with Crippen LogP contribution in [0.15, 0.2) is 34.0 Å². The Labute approximate surface area is 83.6 Å². The van der Waals surface area contributed by atoms with Gasteiger partial charge in [-0.15, -0.1) is 0 Å². The summed E-state index contributed by atoms with van der Waals surface area (Å²) in [6.45, 7) is 4.01. The molecule has 0 radical (unpaired) electrons. The first-order chi connectivity index (χ1) is 6.74. The Kier molecular flexibility index (Phi) is 2.28. The van der Waals surface area contributed by atoms with Crippen molar-refractivity contribution >= 4 is 5.78 Å². The van der Waals surface area contributed by atoms with E-state index in [9.17, 15) is 4.79 Å². The van der Waals surface area contributed by atoms with Gasteiger partial charge in [-0.05, 0) is 31.1 Å². The minimum Gasteiger partial charge on any atom is -0.469 e. The molecule has 0 saturated carbocycles. The third kappa shape index (κ3) is 1.31. The van der Waals surface area contributed by atoms with Gasteiger partial charge in [0.2, 0.25) is 0 Å². The molecule has 0 bridgehead atoms. The van der Waals surface area contributed by atoms with Crippen LogP contribution in [0.4, 0.5) is 0 Å². The van der Waals surface area contributed by atoms with Crippen molar-refractivity contribution in [2.75, 3.05) is 0 Å². The summed E-state index contributed by atoms with van der Waals surface area (Å²) < 4.78 is 5.36. The summed E-state index contributed by atoms with van der Waals surface area (Å²) in [5.41, 5.74) is 2.18. The first-order valence-electron chi connectivity index (χ1n) is 5.00. The minimum atomic E-state index is 0.197. The average Bonchev–Trinajstić information content (AvgIpc) is 2.76. The highest BCUT2D eigenvalue weighted by molar-refractivity contribution is 5.99. The number of rotatable bonds is 2. The lowest BCUT2D eigenvalue weighted by molar-refractivity contribution is -0.115. The van der Waals surface area contributed by atoms with Crippen LogP contribution in [0.3, 0.4) is 0 Å². The fourth-order valence-electron chi connectivity index (χ4n) is 2.18. The largest absolute Gasteiger partial charge is 0.469 e. The van der Waals surface area contributed by atoms with Crippen LogP contribution in [-0.2, 0) is 4.79 Å². The van der Waals surface area contributed by atoms with Gasteiger partial charge in [-0.2, -0.15) is 0 Å². The standard InChI is InChI=1S/C12H14O2/c1-3-9-8(2)11(13)7-10(9)12-5-4-6-14-12/h4-6,10H,3,7H2,1-2H3/t10-/m1/s1. The van der Waals surface area contributed by atoms with Crippen molar-refractivity contribution in [2.45, 2.75) is 32.6 Å². The monoisotopic (exact) mass is 190 g/mol. The van der Waals surface area contributed by atoms with Gasteiger partial charge < -0.3 is 4.42 Å². The van der Waals surface area contributed by atoms with Crippen LogP contribution in [0.25, 0.3) is 0 Å². The van der Waals surface area contributed by atoms with E-state index in [1.54, 1.807) is 6.26 Å². The van der Waals surface area contributed by atoms with E-state index in [0.29, 0.717) is 6.42 Å². The van der Waals surface area contributed by atoms with Gasteiger partial charge in [0, 0.05) is 12.3 Å². The number of hydrogen-bond acceptors (Lipinski definition) is 2. The molecule has 0 fully saturated rings. The summed E-state index contributed by atoms with van der Waals surface area (Å²) in [6, 6.07) is 3.83. The zero-order chi connectivity index (χ0) is 10.1. The Morgan fingerprint density at radius 2 is 2.36 bits per heavy atom. The van der Waals surface area contributed by atoms with E-state index in [-0.39, 0.29) is 11.7 Å². The number of carbonyl (C=O) groups is 1. The maximum Gasteiger partial charge on any atom is 0.159 e. The van der Waals surface area contributed by atoms with Crippen molar-refractivity contribution in [2.24, 2.45) is 0 Å². The van der Waals surface area contributed by atoms with Gasteiger partial charge in [-0.1, -0.05) is 12.5 Å². The van der Waals surface area contributed by atoms with Crippen LogP contribution >= 0.6 is 0 Å². The Bertz CT molecular complexity index is 371. The lowest BCUT2D eigenvalue weighted by Gasteiger charge is -2.09. The van der Waals surface area contributed by atoms with E-state index in [1.807, 2.05) is 19.1 Å². The van der Waals surface area contributed by atoms with E-state index in [4.69, 9.17) is 4.42 Å². The van der Waals surface area contributed by atoms with E-state index in [0.717, 1.165) is 17.8 Å². The van der Waals surface area contributed by atoms with Crippen LogP contribution < -0.4 is 0 Å². The Morgan fingerprint density at radius 1 is 1.57 bits per heavy atom. The van der Waals surface area contributed by atoms with Gasteiger partial charge in [-0.3, -0.25) is 4.79 Å². The fourth-order valence-corrected chi connectivity index (χ4v) is 2.18. The zero-order valence-corrected chi connectivity index (χ0v) is 8.54. The van der Waals surface area contributed by atoms with Crippen molar-refractivity contribution in [1.82, 2.24) is 0 Å². The number of hydrogen-bond donors (Lipinski definition) is 0. The molecule has 1 aliphatic rings. The molecule has 2 nitrogen and oxygen atoms in total. The zero-order valence-electron chi connectivity index (χ0n) is 8.54. The van der Waals surface area contributed by atoms with E-state index in [2.05, 4.69) is 6.92 Å². The summed E-state index contributed by atoms with van der Waals surface area (Å²) in [5, 5.41) is 0. The molecule has 0 spiro atoms. The van der Waals surface area contributed by atoms with Crippen molar-refractivity contribution in [3.8, 4) is 0 Å². The molecule has 0 saturated heterocycles. The number of Topliss-reactive ketones (excluding diaryl/α,β-unsaturated/α-hetero) is 1. The molecule has 0 aliphatic heterocycles. The van der Waals surface area contributed by atoms with Gasteiger partial charge in [-0.25, -0.2) is 0 Å². The van der Waals surface area contributed by atoms with E-state index >= 15 is 0 Å². The summed E-state index contributed by atoms with van der Waals surface area (Å²) in [7, 11) is 0. The van der Waals surface area contributed by atoms with Gasteiger partial charge in [0.15, 0.2) is 5.78 Å². The topological polar surface area (TPSA) is 30.2 Å². The molecular formula is C12H14O2. The van der Waals surface area contributed by atoms with Crippen LogP contribution in [-0.4, -0.2) is 5.78 Å². The lowest BCUT2D eigenvalue weighted by Crippen LogP contribution is -1.97. The van der Waals surface area contributed by atoms with Gasteiger partial charge in [0.05, 0.1) is 6.26 Å². The molecule has 1 atom stereocenters. The van der Waals surface area contributed by atoms with Crippen LogP contribution in [0.5, 0.6) is 0 Å². The molecule has 1 heterocycles. The Hall–Kier alpha value is -1.31. The molecule has 2 rings (SSSR count). The quantitative estimate of drug-likeness (QED) is 0.717. The second kappa shape index (κ2) is 3.45. The first kappa shape index (κ1) is 9.25. The maximum atomic E-state index is 11.5. The third-order valence-corrected chi connectivity index (χ3v) is 2.98. The van der Waals surface area contributed by atoms with Gasteiger partial charge in [0.25, 0.3) is 0 Å². The number of ketones is 1. The minimum absolute atomic E-state index is 0.197. The molecule has 0 aromatic carbocycles. The smallest absolute Gasteiger partial charge is 0.159 e. The van der Waals surface area contributed by atoms with E-state index in [1.165, 1.54) is 5.57 Å². The maximum absolute atomic E-state index is 11.5. The van der Waals surface area contributed by atoms with Crippen LogP contribution in [0.1, 0.15) is 38.4 Å². The second-order valence-electron chi connectivity index (χ2n) is 3.70. The summed E-state index contributed by atoms with van der Waals surface area (Å²) >= 11 is 0. The Balaban J connectivity index is 2.36. The molecule has 74 valence electrons. The lowest BCUT2D eigenvalue weighted by atomic mass is 9.96. The van der Waals surface area contributed by atoms with Gasteiger partial charge >= 0.3 is 0 Å². The van der Waals surface area contributed by atoms with Crippen molar-refractivity contribution in [3.05, 3.63) is 35.3 Å². The van der Waals surface area contributed by atoms with Gasteiger partial charge in [0.1, 0.15) is 5.76 Å². The summed E-state index contributed by atoms with van der Waals surface area (Å²) in [6.07, 6.45) is 3.19. The van der Waals surface area contributed by atoms with Crippen LogP contribution in [0, 0.1) is 0 Å². The molecule has 2 heteroatoms. The predicted octanol–water partition coefficient (Wildman–Crippen LogP) is 3.06. The number of allylic oxidation sites excluding steroid dienone is 2. The SMILES string of the molecule is CCC1=C(C)C(=O)C[C@H]1c1ccco1. The second-order valence-corrected chi connectivity index (χ2v) is 3.70. The van der Waals surface area contributed by atoms with E-state index < -0.39 is 0 Å².